The summed E-state index contributed by atoms with van der Waals surface area (Å²) < 4.78 is 13.8. The third kappa shape index (κ3) is 8.35. The van der Waals surface area contributed by atoms with Gasteiger partial charge in [0.05, 0.1) is 11.9 Å². The number of hydrogen-bond acceptors (Lipinski definition) is 6. The van der Waals surface area contributed by atoms with E-state index >= 15 is 0 Å². The topological polar surface area (TPSA) is 79.6 Å². The minimum Gasteiger partial charge on any atom is -0.444 e. The molecule has 2 aliphatic rings. The number of hydrogen-bond donors (Lipinski definition) is 0. The van der Waals surface area contributed by atoms with Gasteiger partial charge in [-0.3, -0.25) is 9.30 Å². The van der Waals surface area contributed by atoms with Gasteiger partial charge in [-0.2, -0.15) is 0 Å². The number of nitrogens with zero attached hydrogens (tertiary/aromatic N) is 5. The number of aromatic nitrogens is 2. The lowest BCUT2D eigenvalue weighted by atomic mass is 9.94. The van der Waals surface area contributed by atoms with E-state index in [4.69, 9.17) is 9.47 Å². The van der Waals surface area contributed by atoms with Crippen LogP contribution in [0.4, 0.5) is 9.59 Å². The Morgan fingerprint density at radius 2 is 1.55 bits per heavy atom. The molecule has 0 spiro atoms. The Bertz CT molecular complexity index is 1140. The molecule has 1 fully saturated rings. The highest BCUT2D eigenvalue weighted by Gasteiger charge is 2.31. The van der Waals surface area contributed by atoms with Crippen LogP contribution in [0.25, 0.3) is 5.65 Å². The zero-order valence-corrected chi connectivity index (χ0v) is 25.4. The van der Waals surface area contributed by atoms with Gasteiger partial charge in [0, 0.05) is 44.5 Å². The fourth-order valence-corrected chi connectivity index (χ4v) is 5.70. The molecule has 4 rings (SSSR count). The van der Waals surface area contributed by atoms with Crippen molar-refractivity contribution in [1.29, 1.82) is 0 Å². The normalized spacial score (nSPS) is 16.6. The summed E-state index contributed by atoms with van der Waals surface area (Å²) in [4.78, 5) is 37.0. The van der Waals surface area contributed by atoms with Crippen LogP contribution in [-0.4, -0.2) is 79.7 Å². The molecule has 2 aromatic rings. The van der Waals surface area contributed by atoms with Gasteiger partial charge < -0.3 is 19.3 Å². The zero-order chi connectivity index (χ0) is 28.9. The van der Waals surface area contributed by atoms with E-state index in [1.807, 2.05) is 58.7 Å². The van der Waals surface area contributed by atoms with E-state index < -0.39 is 11.2 Å². The lowest BCUT2D eigenvalue weighted by Crippen LogP contribution is -2.49. The van der Waals surface area contributed by atoms with E-state index in [1.165, 1.54) is 17.8 Å². The second-order valence-corrected chi connectivity index (χ2v) is 13.3. The Kier molecular flexibility index (Phi) is 9.64. The minimum atomic E-state index is -0.582. The summed E-state index contributed by atoms with van der Waals surface area (Å²) in [6.45, 7) is 15.5. The average Bonchev–Trinajstić information content (AvgIpc) is 3.28. The van der Waals surface area contributed by atoms with Crippen LogP contribution in [0.15, 0.2) is 24.4 Å². The van der Waals surface area contributed by atoms with Gasteiger partial charge in [0.2, 0.25) is 0 Å². The van der Waals surface area contributed by atoms with Gasteiger partial charge in [-0.15, -0.1) is 0 Å². The van der Waals surface area contributed by atoms with Crippen molar-refractivity contribution in [3.8, 4) is 0 Å². The molecule has 2 aromatic heterocycles. The molecule has 0 atom stereocenters. The Labute approximate surface area is 239 Å². The summed E-state index contributed by atoms with van der Waals surface area (Å²) in [6, 6.07) is 6.43. The van der Waals surface area contributed by atoms with Gasteiger partial charge in [0.15, 0.2) is 0 Å². The van der Waals surface area contributed by atoms with E-state index in [1.54, 1.807) is 4.90 Å². The molecule has 0 unspecified atom stereocenters. The summed E-state index contributed by atoms with van der Waals surface area (Å²) >= 11 is 0. The minimum absolute atomic E-state index is 0.154. The van der Waals surface area contributed by atoms with E-state index in [0.29, 0.717) is 19.6 Å². The highest BCUT2D eigenvalue weighted by atomic mass is 16.6. The number of unbranched alkanes of at least 4 members (excludes halogenated alkanes) is 1. The Morgan fingerprint density at radius 1 is 0.875 bits per heavy atom. The van der Waals surface area contributed by atoms with Crippen LogP contribution in [0, 0.1) is 0 Å². The zero-order valence-electron chi connectivity index (χ0n) is 25.4. The smallest absolute Gasteiger partial charge is 0.410 e. The SMILES string of the molecule is CC(C)(C)OC(=O)N(CCCCN1Cc2cccc3ncc(n23)C1)CCN(C(=O)OC(C)(C)C)C1CCCCC1. The number of amides is 2. The number of rotatable bonds is 9. The number of carbonyl (C=O) groups excluding carboxylic acids is 2. The van der Waals surface area contributed by atoms with Crippen LogP contribution in [0.1, 0.15) is 97.9 Å². The van der Waals surface area contributed by atoms with Crippen molar-refractivity contribution in [3.63, 3.8) is 0 Å². The predicted octanol–water partition coefficient (Wildman–Crippen LogP) is 6.24. The lowest BCUT2D eigenvalue weighted by molar-refractivity contribution is 0.00358. The van der Waals surface area contributed by atoms with Crippen LogP contribution in [0.3, 0.4) is 0 Å². The quantitative estimate of drug-likeness (QED) is 0.341. The van der Waals surface area contributed by atoms with Crippen LogP contribution < -0.4 is 0 Å². The van der Waals surface area contributed by atoms with Gasteiger partial charge in [-0.05, 0) is 85.9 Å². The van der Waals surface area contributed by atoms with Crippen LogP contribution in [0.5, 0.6) is 0 Å². The molecule has 0 N–H and O–H groups in total. The second-order valence-electron chi connectivity index (χ2n) is 13.3. The molecule has 0 bridgehead atoms. The van der Waals surface area contributed by atoms with Crippen LogP contribution in [0.2, 0.25) is 0 Å². The maximum absolute atomic E-state index is 13.2. The van der Waals surface area contributed by atoms with Crippen molar-refractivity contribution in [2.24, 2.45) is 0 Å². The third-order valence-electron chi connectivity index (χ3n) is 7.51. The molecule has 40 heavy (non-hydrogen) atoms. The molecule has 1 aliphatic carbocycles. The van der Waals surface area contributed by atoms with E-state index in [2.05, 4.69) is 26.4 Å². The van der Waals surface area contributed by atoms with Crippen molar-refractivity contribution < 1.29 is 19.1 Å². The second kappa shape index (κ2) is 12.8. The summed E-state index contributed by atoms with van der Waals surface area (Å²) in [5.41, 5.74) is 2.34. The fraction of sp³-hybridized carbons (Fsp3) is 0.710. The first-order chi connectivity index (χ1) is 18.9. The monoisotopic (exact) mass is 555 g/mol. The summed E-state index contributed by atoms with van der Waals surface area (Å²) in [5, 5.41) is 0. The highest BCUT2D eigenvalue weighted by Crippen LogP contribution is 2.25. The maximum Gasteiger partial charge on any atom is 0.410 e. The number of imidazole rings is 1. The standard InChI is InChI=1S/C31H49N5O4/c1-30(2,3)39-28(37)34(19-20-35(24-13-8-7-9-14-24)29(38)40-31(4,5)6)18-11-10-17-33-22-25-15-12-16-27-32-21-26(23-33)36(25)27/h12,15-16,21,24H,7-11,13-14,17-20,22-23H2,1-6H3. The first-order valence-corrected chi connectivity index (χ1v) is 15.0. The first-order valence-electron chi connectivity index (χ1n) is 15.0. The van der Waals surface area contributed by atoms with E-state index in [0.717, 1.165) is 63.8 Å². The highest BCUT2D eigenvalue weighted by molar-refractivity contribution is 5.70. The molecule has 1 aliphatic heterocycles. The molecule has 9 nitrogen and oxygen atoms in total. The van der Waals surface area contributed by atoms with Crippen LogP contribution >= 0.6 is 0 Å². The van der Waals surface area contributed by atoms with Crippen molar-refractivity contribution >= 4 is 17.8 Å². The van der Waals surface area contributed by atoms with Crippen molar-refractivity contribution in [2.45, 2.75) is 117 Å². The molecule has 9 heteroatoms. The van der Waals surface area contributed by atoms with Gasteiger partial charge in [0.25, 0.3) is 0 Å². The first kappa shape index (κ1) is 30.2. The molecule has 0 aromatic carbocycles. The van der Waals surface area contributed by atoms with Gasteiger partial charge in [-0.1, -0.05) is 25.3 Å². The number of pyridine rings is 1. The molecule has 1 saturated carbocycles. The molecule has 0 radical (unpaired) electrons. The van der Waals surface area contributed by atoms with Crippen LogP contribution in [-0.2, 0) is 22.6 Å². The molecule has 222 valence electrons. The summed E-state index contributed by atoms with van der Waals surface area (Å²) in [6.07, 6.45) is 8.57. The molecule has 0 saturated heterocycles. The largest absolute Gasteiger partial charge is 0.444 e. The Balaban J connectivity index is 1.35. The van der Waals surface area contributed by atoms with Gasteiger partial charge in [0.1, 0.15) is 16.8 Å². The van der Waals surface area contributed by atoms with Crippen molar-refractivity contribution in [2.75, 3.05) is 26.2 Å². The lowest BCUT2D eigenvalue weighted by Gasteiger charge is -2.37. The van der Waals surface area contributed by atoms with Gasteiger partial charge >= 0.3 is 12.2 Å². The average molecular weight is 556 g/mol. The van der Waals surface area contributed by atoms with Crippen molar-refractivity contribution in [1.82, 2.24) is 24.1 Å². The van der Waals surface area contributed by atoms with E-state index in [-0.39, 0.29) is 18.2 Å². The molecular formula is C31H49N5O4. The maximum atomic E-state index is 13.2. The fourth-order valence-electron chi connectivity index (χ4n) is 5.70. The number of ether oxygens (including phenoxy) is 2. The van der Waals surface area contributed by atoms with E-state index in [9.17, 15) is 9.59 Å². The summed E-state index contributed by atoms with van der Waals surface area (Å²) in [5.74, 6) is 0. The Morgan fingerprint density at radius 3 is 2.25 bits per heavy atom. The van der Waals surface area contributed by atoms with Crippen molar-refractivity contribution in [3.05, 3.63) is 35.8 Å². The molecule has 2 amide bonds. The molecular weight excluding hydrogens is 506 g/mol. The molecule has 3 heterocycles. The third-order valence-corrected chi connectivity index (χ3v) is 7.51. The number of carbonyl (C=O) groups is 2. The van der Waals surface area contributed by atoms with Gasteiger partial charge in [-0.25, -0.2) is 14.6 Å². The summed E-state index contributed by atoms with van der Waals surface area (Å²) in [7, 11) is 0. The Hall–Kier alpha value is -2.81. The predicted molar refractivity (Wildman–Crippen MR) is 156 cm³/mol.